The molecule has 4 N–H and O–H groups in total. The minimum absolute atomic E-state index is 0.209. The molecule has 8 heteroatoms. The highest BCUT2D eigenvalue weighted by atomic mass is 16.5. The molecule has 1 heterocycles. The number of rotatable bonds is 4. The van der Waals surface area contributed by atoms with Gasteiger partial charge in [-0.25, -0.2) is 4.79 Å². The molecule has 1 aliphatic heterocycles. The number of aliphatic hydroxyl groups excluding tert-OH is 3. The lowest BCUT2D eigenvalue weighted by atomic mass is 9.87. The molecule has 0 aliphatic carbocycles. The van der Waals surface area contributed by atoms with Crippen LogP contribution in [0.15, 0.2) is 24.3 Å². The maximum absolute atomic E-state index is 12.0. The van der Waals surface area contributed by atoms with Gasteiger partial charge in [0.05, 0.1) is 25.3 Å². The Labute approximate surface area is 139 Å². The van der Waals surface area contributed by atoms with Gasteiger partial charge in [-0.3, -0.25) is 4.79 Å². The number of hydrogen-bond acceptors (Lipinski definition) is 7. The quantitative estimate of drug-likeness (QED) is 0.526. The number of amides is 1. The molecule has 1 saturated heterocycles. The van der Waals surface area contributed by atoms with E-state index in [1.807, 2.05) is 0 Å². The third-order valence-electron chi connectivity index (χ3n) is 3.97. The summed E-state index contributed by atoms with van der Waals surface area (Å²) < 4.78 is 10.4. The minimum Gasteiger partial charge on any atom is -0.465 e. The first-order chi connectivity index (χ1) is 11.4. The lowest BCUT2D eigenvalue weighted by molar-refractivity contribution is -0.197. The molecule has 1 amide bonds. The number of ether oxygens (including phenoxy) is 2. The molecule has 0 spiro atoms. The Kier molecular flexibility index (Phi) is 5.89. The predicted molar refractivity (Wildman–Crippen MR) is 82.1 cm³/mol. The van der Waals surface area contributed by atoms with Crippen molar-refractivity contribution in [3.8, 4) is 0 Å². The molecule has 0 saturated carbocycles. The van der Waals surface area contributed by atoms with E-state index in [2.05, 4.69) is 5.32 Å². The van der Waals surface area contributed by atoms with Crippen LogP contribution in [0.25, 0.3) is 0 Å². The third-order valence-corrected chi connectivity index (χ3v) is 3.97. The van der Waals surface area contributed by atoms with Gasteiger partial charge in [-0.15, -0.1) is 0 Å². The van der Waals surface area contributed by atoms with Crippen LogP contribution in [-0.4, -0.2) is 65.3 Å². The van der Waals surface area contributed by atoms with Crippen LogP contribution in [0, 0.1) is 0 Å². The third kappa shape index (κ3) is 3.57. The second-order valence-electron chi connectivity index (χ2n) is 5.56. The van der Waals surface area contributed by atoms with Crippen LogP contribution < -0.4 is 5.32 Å². The topological polar surface area (TPSA) is 125 Å². The molecule has 132 valence electrons. The first-order valence-electron chi connectivity index (χ1n) is 7.47. The van der Waals surface area contributed by atoms with E-state index in [9.17, 15) is 24.9 Å². The van der Waals surface area contributed by atoms with Crippen LogP contribution in [0.5, 0.6) is 0 Å². The zero-order chi connectivity index (χ0) is 17.9. The predicted octanol–water partition coefficient (Wildman–Crippen LogP) is -0.868. The number of carbonyl (C=O) groups excluding carboxylic acids is 2. The average molecular weight is 339 g/mol. The summed E-state index contributed by atoms with van der Waals surface area (Å²) in [6.45, 7) is 0.739. The Morgan fingerprint density at radius 1 is 1.25 bits per heavy atom. The molecule has 1 fully saturated rings. The number of benzene rings is 1. The molecule has 0 unspecified atom stereocenters. The summed E-state index contributed by atoms with van der Waals surface area (Å²) in [6, 6.07) is 5.44. The summed E-state index contributed by atoms with van der Waals surface area (Å²) in [4.78, 5) is 23.4. The van der Waals surface area contributed by atoms with E-state index < -0.39 is 48.9 Å². The van der Waals surface area contributed by atoms with Gasteiger partial charge >= 0.3 is 5.97 Å². The standard InChI is InChI=1S/C16H21NO7/c1-8(19)17-12-14(21)13(20)11(7-18)24-15(12)9-5-3-4-6-10(9)16(22)23-2/h3-6,11-15,18,20-21H,7H2,1-2H3,(H,17,19)/t11-,12-,13-,14-,15+/m1/s1. The number of esters is 1. The van der Waals surface area contributed by atoms with Crippen LogP contribution in [0.3, 0.4) is 0 Å². The van der Waals surface area contributed by atoms with Crippen LogP contribution >= 0.6 is 0 Å². The Morgan fingerprint density at radius 3 is 2.50 bits per heavy atom. The van der Waals surface area contributed by atoms with Crippen molar-refractivity contribution in [1.29, 1.82) is 0 Å². The Morgan fingerprint density at radius 2 is 1.92 bits per heavy atom. The summed E-state index contributed by atoms with van der Waals surface area (Å²) in [7, 11) is 1.24. The molecule has 1 aromatic rings. The highest BCUT2D eigenvalue weighted by Gasteiger charge is 2.46. The van der Waals surface area contributed by atoms with Gasteiger partial charge in [0, 0.05) is 6.92 Å². The monoisotopic (exact) mass is 339 g/mol. The molecule has 0 bridgehead atoms. The second-order valence-corrected chi connectivity index (χ2v) is 5.56. The maximum Gasteiger partial charge on any atom is 0.338 e. The zero-order valence-electron chi connectivity index (χ0n) is 13.4. The van der Waals surface area contributed by atoms with Crippen LogP contribution in [-0.2, 0) is 14.3 Å². The molecule has 24 heavy (non-hydrogen) atoms. The summed E-state index contributed by atoms with van der Waals surface area (Å²) >= 11 is 0. The highest BCUT2D eigenvalue weighted by molar-refractivity contribution is 5.91. The summed E-state index contributed by atoms with van der Waals surface area (Å²) in [5, 5.41) is 32.3. The number of methoxy groups -OCH3 is 1. The van der Waals surface area contributed by atoms with Crippen LogP contribution in [0.1, 0.15) is 28.9 Å². The number of hydrogen-bond donors (Lipinski definition) is 4. The Bertz CT molecular complexity index is 606. The van der Waals surface area contributed by atoms with E-state index in [4.69, 9.17) is 9.47 Å². The molecule has 5 atom stereocenters. The number of aliphatic hydroxyl groups is 3. The van der Waals surface area contributed by atoms with Crippen LogP contribution in [0.2, 0.25) is 0 Å². The molecule has 0 radical (unpaired) electrons. The van der Waals surface area contributed by atoms with Gasteiger partial charge in [0.15, 0.2) is 0 Å². The molecule has 1 aromatic carbocycles. The maximum atomic E-state index is 12.0. The first kappa shape index (κ1) is 18.3. The largest absolute Gasteiger partial charge is 0.465 e. The van der Waals surface area contributed by atoms with Gasteiger partial charge in [0.1, 0.15) is 24.4 Å². The van der Waals surface area contributed by atoms with Crippen molar-refractivity contribution in [2.24, 2.45) is 0 Å². The molecule has 2 rings (SSSR count). The van der Waals surface area contributed by atoms with E-state index in [1.165, 1.54) is 20.1 Å². The molecule has 1 aliphatic rings. The van der Waals surface area contributed by atoms with Crippen molar-refractivity contribution in [3.05, 3.63) is 35.4 Å². The Balaban J connectivity index is 2.47. The van der Waals surface area contributed by atoms with Crippen molar-refractivity contribution in [2.75, 3.05) is 13.7 Å². The average Bonchev–Trinajstić information content (AvgIpc) is 2.58. The molecule has 0 aromatic heterocycles. The minimum atomic E-state index is -1.38. The van der Waals surface area contributed by atoms with Gasteiger partial charge in [0.2, 0.25) is 5.91 Å². The second kappa shape index (κ2) is 7.71. The number of carbonyl (C=O) groups is 2. The summed E-state index contributed by atoms with van der Waals surface area (Å²) in [6.07, 6.45) is -4.76. The highest BCUT2D eigenvalue weighted by Crippen LogP contribution is 2.34. The van der Waals surface area contributed by atoms with Gasteiger partial charge in [-0.05, 0) is 11.6 Å². The van der Waals surface area contributed by atoms with Gasteiger partial charge in [-0.1, -0.05) is 18.2 Å². The smallest absolute Gasteiger partial charge is 0.338 e. The molecule has 8 nitrogen and oxygen atoms in total. The summed E-state index contributed by atoms with van der Waals surface area (Å²) in [5.41, 5.74) is 0.591. The fourth-order valence-electron chi connectivity index (χ4n) is 2.82. The lowest BCUT2D eigenvalue weighted by Gasteiger charge is -2.43. The fourth-order valence-corrected chi connectivity index (χ4v) is 2.82. The van der Waals surface area contributed by atoms with E-state index in [1.54, 1.807) is 18.2 Å². The van der Waals surface area contributed by atoms with Crippen molar-refractivity contribution < 1.29 is 34.4 Å². The van der Waals surface area contributed by atoms with Crippen molar-refractivity contribution in [1.82, 2.24) is 5.32 Å². The van der Waals surface area contributed by atoms with Crippen molar-refractivity contribution in [2.45, 2.75) is 37.4 Å². The molecular weight excluding hydrogens is 318 g/mol. The van der Waals surface area contributed by atoms with E-state index in [-0.39, 0.29) is 5.56 Å². The number of nitrogens with one attached hydrogen (secondary N) is 1. The van der Waals surface area contributed by atoms with Gasteiger partial charge in [-0.2, -0.15) is 0 Å². The Hall–Kier alpha value is -2.00. The van der Waals surface area contributed by atoms with Gasteiger partial charge < -0.3 is 30.1 Å². The van der Waals surface area contributed by atoms with Crippen molar-refractivity contribution >= 4 is 11.9 Å². The van der Waals surface area contributed by atoms with Crippen molar-refractivity contribution in [3.63, 3.8) is 0 Å². The van der Waals surface area contributed by atoms with E-state index in [0.29, 0.717) is 5.56 Å². The van der Waals surface area contributed by atoms with E-state index >= 15 is 0 Å². The lowest BCUT2D eigenvalue weighted by Crippen LogP contribution is -2.61. The SMILES string of the molecule is COC(=O)c1ccccc1[C@@H]1O[C@H](CO)[C@@H](O)[C@H](O)[C@H]1NC(C)=O. The van der Waals surface area contributed by atoms with E-state index in [0.717, 1.165) is 0 Å². The zero-order valence-corrected chi connectivity index (χ0v) is 13.4. The molecular formula is C16H21NO7. The van der Waals surface area contributed by atoms with Gasteiger partial charge in [0.25, 0.3) is 0 Å². The fraction of sp³-hybridized carbons (Fsp3) is 0.500. The van der Waals surface area contributed by atoms with Crippen LogP contribution in [0.4, 0.5) is 0 Å². The summed E-state index contributed by atoms with van der Waals surface area (Å²) in [5.74, 6) is -1.03. The first-order valence-corrected chi connectivity index (χ1v) is 7.47. The normalized spacial score (nSPS) is 29.8.